The molecule has 5 aromatic carbocycles. The third-order valence-corrected chi connectivity index (χ3v) is 14.4. The molecule has 0 unspecified atom stereocenters. The molecule has 0 aliphatic rings. The number of thiazole rings is 1. The number of ether oxygens (including phenoxy) is 1. The van der Waals surface area contributed by atoms with Gasteiger partial charge in [-0.1, -0.05) is 17.4 Å². The Morgan fingerprint density at radius 2 is 1.33 bits per heavy atom. The van der Waals surface area contributed by atoms with Crippen LogP contribution < -0.4 is 4.74 Å². The van der Waals surface area contributed by atoms with E-state index in [1.54, 1.807) is 6.92 Å². The number of aromatic hydroxyl groups is 2. The number of hydrogen-bond acceptors (Lipinski definition) is 22. The first kappa shape index (κ1) is 50.1. The fourth-order valence-electron chi connectivity index (χ4n) is 6.34. The van der Waals surface area contributed by atoms with Gasteiger partial charge in [0.1, 0.15) is 48.8 Å². The number of phenolic OH excluding ortho intramolecular Hbond substituents is 1. The van der Waals surface area contributed by atoms with Gasteiger partial charge in [-0.2, -0.15) is 43.5 Å². The Labute approximate surface area is 395 Å². The number of thiol groups is 1. The lowest BCUT2D eigenvalue weighted by Gasteiger charge is -2.11. The van der Waals surface area contributed by atoms with E-state index in [1.807, 2.05) is 0 Å². The molecule has 6 N–H and O–H groups in total. The van der Waals surface area contributed by atoms with Crippen LogP contribution in [0.3, 0.4) is 0 Å². The summed E-state index contributed by atoms with van der Waals surface area (Å²) in [7, 11) is -21.8. The van der Waals surface area contributed by atoms with Crippen molar-refractivity contribution in [2.24, 2.45) is 30.7 Å². The quantitative estimate of drug-likeness (QED) is 0.0207. The number of nitrogens with zero attached hydrogens (tertiary/aromatic N) is 9. The zero-order valence-electron chi connectivity index (χ0n) is 34.5. The zero-order valence-corrected chi connectivity index (χ0v) is 39.5. The molecule has 69 heavy (non-hydrogen) atoms. The summed E-state index contributed by atoms with van der Waals surface area (Å²) in [5, 5.41) is 49.7. The molecule has 0 atom stereocenters. The summed E-state index contributed by atoms with van der Waals surface area (Å²) in [6, 6.07) is 14.3. The molecule has 0 saturated heterocycles. The summed E-state index contributed by atoms with van der Waals surface area (Å²) in [5.41, 5.74) is -0.469. The van der Waals surface area contributed by atoms with Crippen LogP contribution in [0.15, 0.2) is 124 Å². The van der Waals surface area contributed by atoms with Crippen molar-refractivity contribution in [1.29, 1.82) is 0 Å². The van der Waals surface area contributed by atoms with Gasteiger partial charge < -0.3 is 14.9 Å². The van der Waals surface area contributed by atoms with Gasteiger partial charge in [-0.15, -0.1) is 30.7 Å². The van der Waals surface area contributed by atoms with Gasteiger partial charge in [-0.25, -0.2) is 13.4 Å². The molecular formula is C37H31N9O17S6. The summed E-state index contributed by atoms with van der Waals surface area (Å²) in [5.74, 6) is -2.48. The molecule has 0 fully saturated rings. The topological polar surface area (TPSA) is 406 Å². The third-order valence-electron chi connectivity index (χ3n) is 9.40. The highest BCUT2D eigenvalue weighted by Gasteiger charge is 2.24. The van der Waals surface area contributed by atoms with E-state index in [1.165, 1.54) is 42.5 Å². The summed E-state index contributed by atoms with van der Waals surface area (Å²) in [6.45, 7) is 1.28. The number of aromatic nitrogens is 3. The van der Waals surface area contributed by atoms with Crippen molar-refractivity contribution < 1.29 is 75.2 Å². The van der Waals surface area contributed by atoms with Gasteiger partial charge in [-0.3, -0.25) is 18.2 Å². The molecule has 0 amide bonds. The third kappa shape index (κ3) is 11.8. The standard InChI is InChI=1S/C37H31N9O17S6/c1-19-13-28(30(63-11-2-12-66(51,52)53)16-27(19)42-45-37-39-33-31(64-37)14-20(18-65(49)50)15-32(33)68(57,58)59)43-40-25-9-8-24-23(34(25)47)7-10-26(35(24)69(60,61)62)41-44-29-17-38-46(36(29)48)21-3-5-22(6-4-21)67(54,55)56/h3-10,13-17,47-48,65H,2,11-12,18H2,1H3,(H,51,52,53)(H,54,55,56)(H,57,58,59)(H,60,61,62). The lowest BCUT2D eigenvalue weighted by Crippen LogP contribution is -2.08. The van der Waals surface area contributed by atoms with Crippen LogP contribution in [-0.2, 0) is 56.9 Å². The summed E-state index contributed by atoms with van der Waals surface area (Å²) >= 11 is 0.833. The van der Waals surface area contributed by atoms with Crippen LogP contribution >= 0.6 is 11.3 Å². The number of azo groups is 3. The smallest absolute Gasteiger partial charge is 0.297 e. The molecule has 0 bridgehead atoms. The van der Waals surface area contributed by atoms with E-state index in [0.29, 0.717) is 5.56 Å². The molecule has 7 aromatic rings. The first-order valence-corrected chi connectivity index (χ1v) is 27.0. The van der Waals surface area contributed by atoms with Crippen LogP contribution in [-0.4, -0.2) is 97.6 Å². The van der Waals surface area contributed by atoms with E-state index in [9.17, 15) is 70.5 Å². The summed E-state index contributed by atoms with van der Waals surface area (Å²) in [4.78, 5) is 2.27. The van der Waals surface area contributed by atoms with E-state index < -0.39 is 94.7 Å². The average Bonchev–Trinajstić information content (AvgIpc) is 3.84. The molecule has 0 aliphatic carbocycles. The van der Waals surface area contributed by atoms with Crippen LogP contribution in [0.5, 0.6) is 17.4 Å². The van der Waals surface area contributed by atoms with Crippen molar-refractivity contribution >= 4 is 117 Å². The van der Waals surface area contributed by atoms with Crippen molar-refractivity contribution in [3.05, 3.63) is 90.1 Å². The van der Waals surface area contributed by atoms with Gasteiger partial charge in [0.05, 0.1) is 45.3 Å². The largest absolute Gasteiger partial charge is 0.505 e. The van der Waals surface area contributed by atoms with Crippen LogP contribution in [0.1, 0.15) is 17.5 Å². The molecule has 0 radical (unpaired) electrons. The fraction of sp³-hybridized carbons (Fsp3) is 0.135. The minimum absolute atomic E-state index is 0.0177. The lowest BCUT2D eigenvalue weighted by molar-refractivity contribution is 0.317. The molecule has 7 rings (SSSR count). The molecule has 0 spiro atoms. The number of fused-ring (bicyclic) bond motifs is 2. The Morgan fingerprint density at radius 3 is 1.99 bits per heavy atom. The molecule has 362 valence electrons. The fourth-order valence-corrected chi connectivity index (χ4v) is 10.3. The minimum Gasteiger partial charge on any atom is -0.505 e. The number of benzene rings is 5. The van der Waals surface area contributed by atoms with Crippen molar-refractivity contribution in [2.45, 2.75) is 33.8 Å². The number of rotatable bonds is 17. The Morgan fingerprint density at radius 1 is 0.696 bits per heavy atom. The molecular weight excluding hydrogens is 1030 g/mol. The second-order valence-corrected chi connectivity index (χ2v) is 22.0. The van der Waals surface area contributed by atoms with E-state index >= 15 is 0 Å². The minimum atomic E-state index is -5.11. The van der Waals surface area contributed by atoms with Crippen LogP contribution in [0.2, 0.25) is 0 Å². The van der Waals surface area contributed by atoms with E-state index in [-0.39, 0.29) is 78.9 Å². The summed E-state index contributed by atoms with van der Waals surface area (Å²) in [6.07, 6.45) is 0.856. The maximum Gasteiger partial charge on any atom is 0.297 e. The predicted molar refractivity (Wildman–Crippen MR) is 244 cm³/mol. The maximum atomic E-state index is 12.7. The second kappa shape index (κ2) is 19.3. The molecule has 0 saturated carbocycles. The predicted octanol–water partition coefficient (Wildman–Crippen LogP) is 7.11. The van der Waals surface area contributed by atoms with Gasteiger partial charge in [0.15, 0.2) is 11.4 Å². The summed E-state index contributed by atoms with van der Waals surface area (Å²) < 4.78 is 163. The van der Waals surface area contributed by atoms with Crippen LogP contribution in [0, 0.1) is 6.92 Å². The highest BCUT2D eigenvalue weighted by molar-refractivity contribution is 7.86. The second-order valence-electron chi connectivity index (χ2n) is 14.2. The van der Waals surface area contributed by atoms with E-state index in [2.05, 4.69) is 40.8 Å². The Bertz CT molecular complexity index is 3850. The van der Waals surface area contributed by atoms with Crippen LogP contribution in [0.4, 0.5) is 33.6 Å². The first-order chi connectivity index (χ1) is 32.3. The molecule has 26 nitrogen and oxygen atoms in total. The monoisotopic (exact) mass is 1070 g/mol. The number of aryl methyl sites for hydroxylation is 1. The first-order valence-electron chi connectivity index (χ1n) is 18.9. The highest BCUT2D eigenvalue weighted by Crippen LogP contribution is 2.44. The Kier molecular flexibility index (Phi) is 14.0. The Hall–Kier alpha value is -6.75. The normalized spacial score (nSPS) is 13.0. The van der Waals surface area contributed by atoms with Crippen molar-refractivity contribution in [1.82, 2.24) is 14.8 Å². The van der Waals surface area contributed by atoms with E-state index in [4.69, 9.17) is 4.74 Å². The molecule has 2 aromatic heterocycles. The maximum absolute atomic E-state index is 12.7. The molecule has 32 heteroatoms. The van der Waals surface area contributed by atoms with Gasteiger partial charge in [0.25, 0.3) is 40.5 Å². The number of phenols is 1. The van der Waals surface area contributed by atoms with Crippen molar-refractivity contribution in [3.8, 4) is 23.1 Å². The van der Waals surface area contributed by atoms with Crippen LogP contribution in [0.25, 0.3) is 26.7 Å². The van der Waals surface area contributed by atoms with Gasteiger partial charge >= 0.3 is 0 Å². The Balaban J connectivity index is 1.20. The number of hydrogen-bond donors (Lipinski definition) is 7. The molecule has 0 aliphatic heterocycles. The van der Waals surface area contributed by atoms with Crippen molar-refractivity contribution in [2.75, 3.05) is 12.4 Å². The molecule has 2 heterocycles. The van der Waals surface area contributed by atoms with Gasteiger partial charge in [-0.05, 0) is 85.1 Å². The SMILES string of the molecule is Cc1cc(N=Nc2ccc3c(S(=O)(=O)O)c(N=Nc4cnn(-c5ccc(S(=O)(=O)O)cc5)c4O)ccc3c2O)c(OCCCS(=O)(=O)O)cc1N=Nc1nc2c(S(=O)(=O)O)cc(C[SH](=O)=O)cc2s1. The van der Waals surface area contributed by atoms with Gasteiger partial charge in [0, 0.05) is 16.8 Å². The lowest BCUT2D eigenvalue weighted by atomic mass is 10.1. The average molecular weight is 1070 g/mol. The zero-order chi connectivity index (χ0) is 50.2. The van der Waals surface area contributed by atoms with Crippen molar-refractivity contribution in [3.63, 3.8) is 0 Å². The highest BCUT2D eigenvalue weighted by atomic mass is 32.2. The van der Waals surface area contributed by atoms with Gasteiger partial charge in [0.2, 0.25) is 11.0 Å². The van der Waals surface area contributed by atoms with E-state index in [0.717, 1.165) is 52.5 Å².